The minimum absolute atomic E-state index is 0.447. The van der Waals surface area contributed by atoms with Gasteiger partial charge in [-0.2, -0.15) is 0 Å². The summed E-state index contributed by atoms with van der Waals surface area (Å²) in [6.45, 7) is 0.539. The Kier molecular flexibility index (Phi) is 9.35. The number of ketones is 1. The molecule has 2 aromatic carbocycles. The number of para-hydroxylation sites is 1. The molecule has 0 bridgehead atoms. The fourth-order valence-electron chi connectivity index (χ4n) is 3.88. The normalized spacial score (nSPS) is 11.0. The summed E-state index contributed by atoms with van der Waals surface area (Å²) in [5.41, 5.74) is 2.89. The third-order valence-electron chi connectivity index (χ3n) is 5.55. The molecule has 0 saturated carbocycles. The van der Waals surface area contributed by atoms with Crippen LogP contribution in [0.15, 0.2) is 54.6 Å². The van der Waals surface area contributed by atoms with Crippen molar-refractivity contribution in [1.29, 1.82) is 0 Å². The van der Waals surface area contributed by atoms with Crippen molar-refractivity contribution in [3.63, 3.8) is 0 Å². The van der Waals surface area contributed by atoms with E-state index < -0.39 is 11.7 Å². The Morgan fingerprint density at radius 2 is 1.39 bits per heavy atom. The van der Waals surface area contributed by atoms with Crippen LogP contribution in [0.2, 0.25) is 0 Å². The van der Waals surface area contributed by atoms with Crippen LogP contribution < -0.4 is 5.32 Å². The first-order chi connectivity index (χ1) is 15.2. The van der Waals surface area contributed by atoms with E-state index in [-0.39, 0.29) is 0 Å². The molecule has 0 saturated heterocycles. The number of nitrogens with one attached hydrogen (secondary N) is 2. The number of alkyl halides is 1. The maximum absolute atomic E-state index is 13.1. The summed E-state index contributed by atoms with van der Waals surface area (Å²) in [5.74, 6) is -1.01. The lowest BCUT2D eigenvalue weighted by Crippen LogP contribution is -2.32. The van der Waals surface area contributed by atoms with Gasteiger partial charge in [-0.1, -0.05) is 103 Å². The molecule has 3 rings (SSSR count). The highest BCUT2D eigenvalue weighted by molar-refractivity contribution is 9.09. The van der Waals surface area contributed by atoms with Crippen LogP contribution >= 0.6 is 15.9 Å². The molecule has 0 aliphatic carbocycles. The molecule has 3 aromatic rings. The fourth-order valence-corrected chi connectivity index (χ4v) is 4.27. The Labute approximate surface area is 192 Å². The van der Waals surface area contributed by atoms with Gasteiger partial charge in [-0.25, -0.2) is 0 Å². The number of hydrogen-bond acceptors (Lipinski definition) is 2. The highest BCUT2D eigenvalue weighted by Gasteiger charge is 2.24. The van der Waals surface area contributed by atoms with E-state index in [0.29, 0.717) is 17.8 Å². The number of benzene rings is 2. The Hall–Kier alpha value is -2.40. The van der Waals surface area contributed by atoms with Gasteiger partial charge in [-0.05, 0) is 24.5 Å². The predicted octanol–water partition coefficient (Wildman–Crippen LogP) is 6.65. The van der Waals surface area contributed by atoms with Crippen molar-refractivity contribution in [2.45, 2.75) is 51.4 Å². The molecule has 1 aromatic heterocycles. The van der Waals surface area contributed by atoms with Gasteiger partial charge in [0.25, 0.3) is 11.7 Å². The van der Waals surface area contributed by atoms with Gasteiger partial charge in [0, 0.05) is 22.8 Å². The van der Waals surface area contributed by atoms with Gasteiger partial charge in [0.2, 0.25) is 0 Å². The predicted molar refractivity (Wildman–Crippen MR) is 132 cm³/mol. The summed E-state index contributed by atoms with van der Waals surface area (Å²) in [6, 6.07) is 17.3. The highest BCUT2D eigenvalue weighted by atomic mass is 79.9. The van der Waals surface area contributed by atoms with Crippen molar-refractivity contribution in [3.05, 3.63) is 60.2 Å². The van der Waals surface area contributed by atoms with Crippen molar-refractivity contribution < 1.29 is 9.59 Å². The van der Waals surface area contributed by atoms with E-state index in [9.17, 15) is 9.59 Å². The molecule has 0 atom stereocenters. The molecule has 1 amide bonds. The van der Waals surface area contributed by atoms with Crippen LogP contribution in [0.4, 0.5) is 0 Å². The number of carbonyl (C=O) groups excluding carboxylic acids is 2. The summed E-state index contributed by atoms with van der Waals surface area (Å²) < 4.78 is 0. The Morgan fingerprint density at radius 1 is 0.774 bits per heavy atom. The number of rotatable bonds is 13. The molecule has 0 unspecified atom stereocenters. The van der Waals surface area contributed by atoms with Gasteiger partial charge in [-0.15, -0.1) is 0 Å². The summed E-state index contributed by atoms with van der Waals surface area (Å²) >= 11 is 3.46. The molecule has 1 heterocycles. The topological polar surface area (TPSA) is 62.0 Å². The van der Waals surface area contributed by atoms with Crippen LogP contribution in [0.25, 0.3) is 22.2 Å². The Balaban J connectivity index is 1.55. The SMILES string of the molecule is O=C(NCCCCCCCCCCBr)C(=O)c1c(-c2ccccc2)[nH]c2ccccc12. The number of unbranched alkanes of at least 4 members (excludes halogenated alkanes) is 7. The first kappa shape index (κ1) is 23.3. The summed E-state index contributed by atoms with van der Waals surface area (Å²) in [4.78, 5) is 29.0. The van der Waals surface area contributed by atoms with Gasteiger partial charge >= 0.3 is 0 Å². The van der Waals surface area contributed by atoms with Crippen LogP contribution in [0.5, 0.6) is 0 Å². The van der Waals surface area contributed by atoms with E-state index in [2.05, 4.69) is 26.2 Å². The largest absolute Gasteiger partial charge is 0.354 e. The second-order valence-corrected chi connectivity index (χ2v) is 8.68. The van der Waals surface area contributed by atoms with E-state index in [1.807, 2.05) is 54.6 Å². The van der Waals surface area contributed by atoms with Crippen molar-refractivity contribution in [2.24, 2.45) is 0 Å². The third kappa shape index (κ3) is 6.54. The van der Waals surface area contributed by atoms with E-state index >= 15 is 0 Å². The van der Waals surface area contributed by atoms with E-state index in [0.717, 1.165) is 34.6 Å². The molecule has 0 aliphatic rings. The smallest absolute Gasteiger partial charge is 0.292 e. The number of aromatic nitrogens is 1. The van der Waals surface area contributed by atoms with E-state index in [1.54, 1.807) is 0 Å². The molecule has 5 heteroatoms. The number of H-pyrrole nitrogens is 1. The maximum atomic E-state index is 13.1. The van der Waals surface area contributed by atoms with Crippen LogP contribution in [-0.2, 0) is 4.79 Å². The van der Waals surface area contributed by atoms with E-state index in [4.69, 9.17) is 0 Å². The molecule has 2 N–H and O–H groups in total. The number of fused-ring (bicyclic) bond motifs is 1. The Bertz CT molecular complexity index is 981. The van der Waals surface area contributed by atoms with Gasteiger partial charge in [0.15, 0.2) is 0 Å². The number of aromatic amines is 1. The average Bonchev–Trinajstić information content (AvgIpc) is 3.20. The van der Waals surface area contributed by atoms with Crippen LogP contribution in [0.3, 0.4) is 0 Å². The van der Waals surface area contributed by atoms with Crippen molar-refractivity contribution in [3.8, 4) is 11.3 Å². The number of halogens is 1. The number of amides is 1. The number of Topliss-reactive ketones (excluding diaryl/α,β-unsaturated/α-hetero) is 1. The van der Waals surface area contributed by atoms with Crippen molar-refractivity contribution >= 4 is 38.5 Å². The first-order valence-corrected chi connectivity index (χ1v) is 12.4. The van der Waals surface area contributed by atoms with Crippen LogP contribution in [-0.4, -0.2) is 28.5 Å². The average molecular weight is 483 g/mol. The monoisotopic (exact) mass is 482 g/mol. The number of hydrogen-bond donors (Lipinski definition) is 2. The van der Waals surface area contributed by atoms with Gasteiger partial charge < -0.3 is 10.3 Å². The second-order valence-electron chi connectivity index (χ2n) is 7.89. The van der Waals surface area contributed by atoms with Gasteiger partial charge in [-0.3, -0.25) is 9.59 Å². The minimum atomic E-state index is -0.531. The summed E-state index contributed by atoms with van der Waals surface area (Å²) in [5, 5.41) is 4.70. The minimum Gasteiger partial charge on any atom is -0.354 e. The molecular weight excluding hydrogens is 452 g/mol. The lowest BCUT2D eigenvalue weighted by atomic mass is 10.0. The zero-order chi connectivity index (χ0) is 21.9. The van der Waals surface area contributed by atoms with Crippen LogP contribution in [0.1, 0.15) is 61.7 Å². The maximum Gasteiger partial charge on any atom is 0.292 e. The standard InChI is InChI=1S/C26H31BrN2O2/c27-18-12-5-3-1-2-4-6-13-19-28-26(31)25(30)23-21-16-10-11-17-22(21)29-24(23)20-14-8-7-9-15-20/h7-11,14-17,29H,1-6,12-13,18-19H2,(H,28,31). The molecule has 0 fully saturated rings. The number of carbonyl (C=O) groups is 2. The summed E-state index contributed by atoms with van der Waals surface area (Å²) in [7, 11) is 0. The third-order valence-corrected chi connectivity index (χ3v) is 6.11. The van der Waals surface area contributed by atoms with Crippen molar-refractivity contribution in [2.75, 3.05) is 11.9 Å². The summed E-state index contributed by atoms with van der Waals surface area (Å²) in [6.07, 6.45) is 9.52. The zero-order valence-electron chi connectivity index (χ0n) is 18.0. The van der Waals surface area contributed by atoms with Gasteiger partial charge in [0.05, 0.1) is 11.3 Å². The molecule has 0 radical (unpaired) electrons. The second kappa shape index (κ2) is 12.5. The van der Waals surface area contributed by atoms with Gasteiger partial charge in [0.1, 0.15) is 0 Å². The molecule has 0 aliphatic heterocycles. The van der Waals surface area contributed by atoms with Crippen LogP contribution in [0, 0.1) is 0 Å². The molecule has 164 valence electrons. The lowest BCUT2D eigenvalue weighted by Gasteiger charge is -2.07. The molecule has 0 spiro atoms. The molecular formula is C26H31BrN2O2. The lowest BCUT2D eigenvalue weighted by molar-refractivity contribution is -0.117. The molecule has 31 heavy (non-hydrogen) atoms. The van der Waals surface area contributed by atoms with Crippen molar-refractivity contribution in [1.82, 2.24) is 10.3 Å². The quantitative estimate of drug-likeness (QED) is 0.124. The Morgan fingerprint density at radius 3 is 2.10 bits per heavy atom. The fraction of sp³-hybridized carbons (Fsp3) is 0.385. The van der Waals surface area contributed by atoms with E-state index in [1.165, 1.54) is 38.5 Å². The molecule has 4 nitrogen and oxygen atoms in total. The first-order valence-electron chi connectivity index (χ1n) is 11.3. The highest BCUT2D eigenvalue weighted by Crippen LogP contribution is 2.30. The zero-order valence-corrected chi connectivity index (χ0v) is 19.5.